The van der Waals surface area contributed by atoms with Crippen LogP contribution in [0.2, 0.25) is 0 Å². The maximum absolute atomic E-state index is 4.23. The van der Waals surface area contributed by atoms with Crippen molar-refractivity contribution in [1.29, 1.82) is 0 Å². The quantitative estimate of drug-likeness (QED) is 0.316. The van der Waals surface area contributed by atoms with E-state index in [2.05, 4.69) is 73.8 Å². The molecule has 26 heavy (non-hydrogen) atoms. The summed E-state index contributed by atoms with van der Waals surface area (Å²) in [6, 6.07) is 0. The summed E-state index contributed by atoms with van der Waals surface area (Å²) >= 11 is 0. The van der Waals surface area contributed by atoms with Crippen LogP contribution in [0.5, 0.6) is 0 Å². The largest absolute Gasteiger partial charge is 0.378 e. The topological polar surface area (TPSA) is 3.24 Å². The lowest BCUT2D eigenvalue weighted by molar-refractivity contribution is 0.301. The molecule has 0 spiro atoms. The van der Waals surface area contributed by atoms with Crippen molar-refractivity contribution in [1.82, 2.24) is 4.90 Å². The third kappa shape index (κ3) is 14.2. The van der Waals surface area contributed by atoms with Crippen LogP contribution in [0.15, 0.2) is 36.6 Å². The molecule has 0 aromatic carbocycles. The van der Waals surface area contributed by atoms with Crippen molar-refractivity contribution in [3.8, 4) is 0 Å². The highest BCUT2D eigenvalue weighted by atomic mass is 15.1. The zero-order valence-electron chi connectivity index (χ0n) is 19.6. The molecule has 0 aliphatic carbocycles. The Morgan fingerprint density at radius 1 is 0.808 bits per heavy atom. The maximum Gasteiger partial charge on any atom is 0.0288 e. The molecule has 4 unspecified atom stereocenters. The number of allylic oxidation sites excluding steroid dienone is 3. The van der Waals surface area contributed by atoms with E-state index in [4.69, 9.17) is 0 Å². The monoisotopic (exact) mass is 363 g/mol. The SMILES string of the molecule is C=C(/C=C\C(=C)N(C)C)C(C)CCC(C)C(C)CCC(C)CC.CCC. The van der Waals surface area contributed by atoms with Gasteiger partial charge in [0.2, 0.25) is 0 Å². The van der Waals surface area contributed by atoms with Crippen LogP contribution < -0.4 is 0 Å². The van der Waals surface area contributed by atoms with Crippen LogP contribution in [0.1, 0.15) is 87.0 Å². The fraction of sp³-hybridized carbons (Fsp3) is 0.760. The molecule has 0 heterocycles. The second kappa shape index (κ2) is 16.2. The van der Waals surface area contributed by atoms with E-state index in [1.165, 1.54) is 44.1 Å². The van der Waals surface area contributed by atoms with Crippen molar-refractivity contribution < 1.29 is 0 Å². The first-order chi connectivity index (χ1) is 12.1. The molecule has 0 N–H and O–H groups in total. The average Bonchev–Trinajstić information content (AvgIpc) is 2.61. The number of hydrogen-bond donors (Lipinski definition) is 0. The second-order valence-corrected chi connectivity index (χ2v) is 8.52. The average molecular weight is 364 g/mol. The highest BCUT2D eigenvalue weighted by Crippen LogP contribution is 2.27. The zero-order valence-corrected chi connectivity index (χ0v) is 19.6. The van der Waals surface area contributed by atoms with E-state index in [0.717, 1.165) is 23.5 Å². The summed E-state index contributed by atoms with van der Waals surface area (Å²) < 4.78 is 0. The van der Waals surface area contributed by atoms with Crippen LogP contribution in [0.4, 0.5) is 0 Å². The lowest BCUT2D eigenvalue weighted by Crippen LogP contribution is -2.11. The molecule has 0 radical (unpaired) electrons. The first-order valence-electron chi connectivity index (χ1n) is 10.8. The molecule has 4 atom stereocenters. The van der Waals surface area contributed by atoms with E-state index in [9.17, 15) is 0 Å². The normalized spacial score (nSPS) is 15.6. The molecule has 0 amide bonds. The molecule has 0 aliphatic heterocycles. The van der Waals surface area contributed by atoms with Crippen molar-refractivity contribution in [3.05, 3.63) is 36.6 Å². The molecular formula is C25H49N. The molecule has 0 fully saturated rings. The van der Waals surface area contributed by atoms with Crippen LogP contribution in [-0.2, 0) is 0 Å². The van der Waals surface area contributed by atoms with Crippen LogP contribution in [-0.4, -0.2) is 19.0 Å². The summed E-state index contributed by atoms with van der Waals surface area (Å²) in [5.74, 6) is 3.05. The third-order valence-corrected chi connectivity index (χ3v) is 5.54. The first kappa shape index (κ1) is 27.2. The predicted molar refractivity (Wildman–Crippen MR) is 122 cm³/mol. The second-order valence-electron chi connectivity index (χ2n) is 8.52. The van der Waals surface area contributed by atoms with Gasteiger partial charge in [-0.05, 0) is 42.6 Å². The summed E-state index contributed by atoms with van der Waals surface area (Å²) in [4.78, 5) is 2.02. The molecule has 0 aromatic heterocycles. The molecular weight excluding hydrogens is 314 g/mol. The van der Waals surface area contributed by atoms with E-state index in [-0.39, 0.29) is 0 Å². The minimum absolute atomic E-state index is 0.547. The summed E-state index contributed by atoms with van der Waals surface area (Å²) in [6.07, 6.45) is 12.0. The molecule has 0 saturated heterocycles. The van der Waals surface area contributed by atoms with Gasteiger partial charge in [-0.15, -0.1) is 0 Å². The van der Waals surface area contributed by atoms with Crippen LogP contribution in [0, 0.1) is 23.7 Å². The van der Waals surface area contributed by atoms with Gasteiger partial charge in [-0.2, -0.15) is 0 Å². The number of nitrogens with zero attached hydrogens (tertiary/aromatic N) is 1. The Hall–Kier alpha value is -0.980. The smallest absolute Gasteiger partial charge is 0.0288 e. The van der Waals surface area contributed by atoms with Crippen molar-refractivity contribution in [2.45, 2.75) is 87.0 Å². The highest BCUT2D eigenvalue weighted by Gasteiger charge is 2.15. The number of likely N-dealkylation sites (N-methyl/N-ethyl adjacent to an activating group) is 1. The minimum Gasteiger partial charge on any atom is -0.378 e. The molecule has 0 saturated carbocycles. The minimum atomic E-state index is 0.547. The highest BCUT2D eigenvalue weighted by molar-refractivity contribution is 5.24. The van der Waals surface area contributed by atoms with Crippen molar-refractivity contribution >= 4 is 0 Å². The molecule has 1 heteroatoms. The van der Waals surface area contributed by atoms with Gasteiger partial charge in [0.25, 0.3) is 0 Å². The number of hydrogen-bond acceptors (Lipinski definition) is 1. The Kier molecular flexibility index (Phi) is 17.0. The molecule has 0 rings (SSSR count). The lowest BCUT2D eigenvalue weighted by Gasteiger charge is -2.23. The van der Waals surface area contributed by atoms with Crippen LogP contribution >= 0.6 is 0 Å². The van der Waals surface area contributed by atoms with Crippen LogP contribution in [0.3, 0.4) is 0 Å². The first-order valence-corrected chi connectivity index (χ1v) is 10.8. The fourth-order valence-corrected chi connectivity index (χ4v) is 2.54. The van der Waals surface area contributed by atoms with Crippen molar-refractivity contribution in [3.63, 3.8) is 0 Å². The molecule has 154 valence electrons. The lowest BCUT2D eigenvalue weighted by atomic mass is 9.83. The van der Waals surface area contributed by atoms with E-state index in [1.807, 2.05) is 19.0 Å². The summed E-state index contributed by atoms with van der Waals surface area (Å²) in [5, 5.41) is 0. The van der Waals surface area contributed by atoms with Crippen molar-refractivity contribution in [2.75, 3.05) is 14.1 Å². The Labute approximate surface area is 166 Å². The fourth-order valence-electron chi connectivity index (χ4n) is 2.54. The maximum atomic E-state index is 4.23. The van der Waals surface area contributed by atoms with E-state index >= 15 is 0 Å². The van der Waals surface area contributed by atoms with Gasteiger partial charge in [-0.25, -0.2) is 0 Å². The van der Waals surface area contributed by atoms with Gasteiger partial charge < -0.3 is 4.90 Å². The Balaban J connectivity index is 0. The summed E-state index contributed by atoms with van der Waals surface area (Å²) in [7, 11) is 4.03. The summed E-state index contributed by atoms with van der Waals surface area (Å²) in [5.41, 5.74) is 2.23. The Bertz CT molecular complexity index is 391. The van der Waals surface area contributed by atoms with Gasteiger partial charge in [0.15, 0.2) is 0 Å². The third-order valence-electron chi connectivity index (χ3n) is 5.54. The van der Waals surface area contributed by atoms with Gasteiger partial charge in [0.1, 0.15) is 0 Å². The Morgan fingerprint density at radius 3 is 1.69 bits per heavy atom. The summed E-state index contributed by atoms with van der Waals surface area (Å²) in [6.45, 7) is 24.3. The molecule has 0 bridgehead atoms. The van der Waals surface area contributed by atoms with Gasteiger partial charge in [-0.3, -0.25) is 0 Å². The van der Waals surface area contributed by atoms with E-state index < -0.39 is 0 Å². The van der Waals surface area contributed by atoms with Crippen molar-refractivity contribution in [2.24, 2.45) is 23.7 Å². The van der Waals surface area contributed by atoms with E-state index in [0.29, 0.717) is 5.92 Å². The standard InChI is InChI=1S/C22H41N.C3H8/c1-10-17(2)11-12-18(3)19(4)13-14-20(5)21(6)15-16-22(7)23(8)9;1-3-2/h15-20H,6-7,10-14H2,1-5,8-9H3;3H2,1-2H3/b16-15-;. The number of rotatable bonds is 12. The predicted octanol–water partition coefficient (Wildman–Crippen LogP) is 8.11. The molecule has 1 nitrogen and oxygen atoms in total. The molecule has 0 aliphatic rings. The van der Waals surface area contributed by atoms with Gasteiger partial charge in [-0.1, -0.05) is 99.0 Å². The van der Waals surface area contributed by atoms with Gasteiger partial charge in [0, 0.05) is 19.8 Å². The van der Waals surface area contributed by atoms with Crippen LogP contribution in [0.25, 0.3) is 0 Å². The zero-order chi connectivity index (χ0) is 20.7. The van der Waals surface area contributed by atoms with E-state index in [1.54, 1.807) is 0 Å². The Morgan fingerprint density at radius 2 is 1.27 bits per heavy atom. The molecule has 0 aromatic rings. The van der Waals surface area contributed by atoms with Gasteiger partial charge in [0.05, 0.1) is 0 Å². The van der Waals surface area contributed by atoms with Gasteiger partial charge >= 0.3 is 0 Å².